The van der Waals surface area contributed by atoms with Gasteiger partial charge in [0.2, 0.25) is 5.95 Å². The Kier molecular flexibility index (Phi) is 2.86. The number of nitrogen functional groups attached to an aromatic ring is 1. The maximum atomic E-state index is 6.01. The first kappa shape index (κ1) is 11.7. The van der Waals surface area contributed by atoms with Gasteiger partial charge < -0.3 is 5.73 Å². The van der Waals surface area contributed by atoms with Gasteiger partial charge in [0, 0.05) is 15.6 Å². The minimum atomic E-state index is 0.243. The monoisotopic (exact) mass is 295 g/mol. The summed E-state index contributed by atoms with van der Waals surface area (Å²) in [5.74, 6) is 0.243. The molecule has 2 heterocycles. The number of halogens is 2. The molecule has 0 spiro atoms. The van der Waals surface area contributed by atoms with Gasteiger partial charge in [-0.2, -0.15) is 0 Å². The number of benzene rings is 1. The van der Waals surface area contributed by atoms with Gasteiger partial charge in [-0.15, -0.1) is 11.3 Å². The summed E-state index contributed by atoms with van der Waals surface area (Å²) in [6, 6.07) is 7.22. The lowest BCUT2D eigenvalue weighted by Gasteiger charge is -2.05. The minimum Gasteiger partial charge on any atom is -0.368 e. The third-order valence-electron chi connectivity index (χ3n) is 2.46. The summed E-state index contributed by atoms with van der Waals surface area (Å²) >= 11 is 13.6. The highest BCUT2D eigenvalue weighted by Gasteiger charge is 2.11. The van der Waals surface area contributed by atoms with Crippen LogP contribution in [0.5, 0.6) is 0 Å². The molecular weight excluding hydrogens is 289 g/mol. The van der Waals surface area contributed by atoms with Crippen LogP contribution < -0.4 is 5.73 Å². The number of fused-ring (bicyclic) bond motifs is 1. The first-order chi connectivity index (χ1) is 8.63. The topological polar surface area (TPSA) is 51.8 Å². The predicted octanol–water partition coefficient (Wildman–Crippen LogP) is 4.25. The van der Waals surface area contributed by atoms with Crippen LogP contribution in [-0.2, 0) is 0 Å². The summed E-state index contributed by atoms with van der Waals surface area (Å²) in [4.78, 5) is 8.46. The van der Waals surface area contributed by atoms with E-state index in [9.17, 15) is 0 Å². The first-order valence-corrected chi connectivity index (χ1v) is 6.74. The molecule has 2 aromatic heterocycles. The van der Waals surface area contributed by atoms with Gasteiger partial charge in [0.05, 0.1) is 15.9 Å². The van der Waals surface area contributed by atoms with Crippen LogP contribution in [0.15, 0.2) is 29.6 Å². The maximum absolute atomic E-state index is 6.01. The van der Waals surface area contributed by atoms with Crippen LogP contribution in [0, 0.1) is 0 Å². The standard InChI is InChI=1S/C12H7Cl2N3S/c13-7-3-6(4-8(14)5-7)10-11-9(1-2-18-11)16-12(15)17-10/h1-5H,(H2,15,16,17). The number of aromatic nitrogens is 2. The van der Waals surface area contributed by atoms with Crippen molar-refractivity contribution in [3.63, 3.8) is 0 Å². The van der Waals surface area contributed by atoms with Gasteiger partial charge in [0.15, 0.2) is 0 Å². The van der Waals surface area contributed by atoms with Crippen molar-refractivity contribution in [2.75, 3.05) is 5.73 Å². The molecule has 3 aromatic rings. The Hall–Kier alpha value is -1.36. The molecule has 2 N–H and O–H groups in total. The number of anilines is 1. The number of hydrogen-bond donors (Lipinski definition) is 1. The number of thiophene rings is 1. The molecule has 0 unspecified atom stereocenters. The van der Waals surface area contributed by atoms with E-state index in [1.54, 1.807) is 17.4 Å². The molecule has 0 radical (unpaired) electrons. The van der Waals surface area contributed by atoms with Crippen molar-refractivity contribution in [1.29, 1.82) is 0 Å². The largest absolute Gasteiger partial charge is 0.368 e. The highest BCUT2D eigenvalue weighted by Crippen LogP contribution is 2.33. The number of rotatable bonds is 1. The summed E-state index contributed by atoms with van der Waals surface area (Å²) in [6.07, 6.45) is 0. The number of hydrogen-bond acceptors (Lipinski definition) is 4. The van der Waals surface area contributed by atoms with E-state index >= 15 is 0 Å². The molecule has 0 saturated carbocycles. The van der Waals surface area contributed by atoms with Crippen molar-refractivity contribution in [3.05, 3.63) is 39.7 Å². The van der Waals surface area contributed by atoms with Crippen LogP contribution in [0.25, 0.3) is 21.5 Å². The van der Waals surface area contributed by atoms with Gasteiger partial charge >= 0.3 is 0 Å². The fraction of sp³-hybridized carbons (Fsp3) is 0. The molecule has 3 nitrogen and oxygen atoms in total. The van der Waals surface area contributed by atoms with E-state index in [1.807, 2.05) is 23.6 Å². The van der Waals surface area contributed by atoms with Crippen LogP contribution >= 0.6 is 34.5 Å². The van der Waals surface area contributed by atoms with Gasteiger partial charge in [-0.1, -0.05) is 23.2 Å². The van der Waals surface area contributed by atoms with E-state index < -0.39 is 0 Å². The third kappa shape index (κ3) is 2.03. The molecule has 0 bridgehead atoms. The van der Waals surface area contributed by atoms with E-state index in [1.165, 1.54) is 0 Å². The third-order valence-corrected chi connectivity index (χ3v) is 3.80. The Bertz CT molecular complexity index is 719. The second-order valence-electron chi connectivity index (χ2n) is 3.72. The lowest BCUT2D eigenvalue weighted by molar-refractivity contribution is 1.25. The molecule has 0 aliphatic heterocycles. The van der Waals surface area contributed by atoms with Crippen LogP contribution in [0.4, 0.5) is 5.95 Å². The lowest BCUT2D eigenvalue weighted by Crippen LogP contribution is -1.96. The molecule has 0 aliphatic rings. The SMILES string of the molecule is Nc1nc(-c2cc(Cl)cc(Cl)c2)c2sccc2n1. The molecule has 90 valence electrons. The molecule has 6 heteroatoms. The van der Waals surface area contributed by atoms with Gasteiger partial charge in [-0.3, -0.25) is 0 Å². The number of nitrogens with two attached hydrogens (primary N) is 1. The van der Waals surface area contributed by atoms with Gasteiger partial charge in [0.25, 0.3) is 0 Å². The molecule has 0 amide bonds. The second-order valence-corrected chi connectivity index (χ2v) is 5.51. The normalized spacial score (nSPS) is 11.0. The molecule has 1 aromatic carbocycles. The summed E-state index contributed by atoms with van der Waals surface area (Å²) < 4.78 is 0.975. The smallest absolute Gasteiger partial charge is 0.221 e. The minimum absolute atomic E-state index is 0.243. The zero-order chi connectivity index (χ0) is 12.7. The first-order valence-electron chi connectivity index (χ1n) is 5.10. The van der Waals surface area contributed by atoms with Crippen molar-refractivity contribution in [1.82, 2.24) is 9.97 Å². The van der Waals surface area contributed by atoms with E-state index in [4.69, 9.17) is 28.9 Å². The van der Waals surface area contributed by atoms with Crippen LogP contribution in [-0.4, -0.2) is 9.97 Å². The van der Waals surface area contributed by atoms with Crippen molar-refractivity contribution in [3.8, 4) is 11.3 Å². The molecular formula is C12H7Cl2N3S. The molecule has 3 rings (SSSR count). The van der Waals surface area contributed by atoms with Crippen LogP contribution in [0.1, 0.15) is 0 Å². The van der Waals surface area contributed by atoms with Crippen LogP contribution in [0.3, 0.4) is 0 Å². The van der Waals surface area contributed by atoms with Crippen molar-refractivity contribution >= 4 is 50.7 Å². The van der Waals surface area contributed by atoms with Gasteiger partial charge in [-0.25, -0.2) is 9.97 Å². The predicted molar refractivity (Wildman–Crippen MR) is 77.3 cm³/mol. The summed E-state index contributed by atoms with van der Waals surface area (Å²) in [5.41, 5.74) is 8.15. The van der Waals surface area contributed by atoms with E-state index in [-0.39, 0.29) is 5.95 Å². The van der Waals surface area contributed by atoms with E-state index in [0.29, 0.717) is 10.0 Å². The second kappa shape index (κ2) is 4.39. The number of nitrogens with zero attached hydrogens (tertiary/aromatic N) is 2. The Morgan fingerprint density at radius 2 is 1.78 bits per heavy atom. The molecule has 0 atom stereocenters. The average molecular weight is 296 g/mol. The van der Waals surface area contributed by atoms with Crippen molar-refractivity contribution in [2.24, 2.45) is 0 Å². The fourth-order valence-electron chi connectivity index (χ4n) is 1.77. The average Bonchev–Trinajstić information content (AvgIpc) is 2.74. The lowest BCUT2D eigenvalue weighted by atomic mass is 10.1. The zero-order valence-electron chi connectivity index (χ0n) is 9.02. The highest BCUT2D eigenvalue weighted by atomic mass is 35.5. The summed E-state index contributed by atoms with van der Waals surface area (Å²) in [5, 5.41) is 3.09. The molecule has 0 fully saturated rings. The Labute approximate surface area is 117 Å². The van der Waals surface area contributed by atoms with E-state index in [2.05, 4.69) is 9.97 Å². The molecule has 0 saturated heterocycles. The Morgan fingerprint density at radius 1 is 1.06 bits per heavy atom. The molecule has 18 heavy (non-hydrogen) atoms. The van der Waals surface area contributed by atoms with E-state index in [0.717, 1.165) is 21.5 Å². The van der Waals surface area contributed by atoms with Crippen molar-refractivity contribution in [2.45, 2.75) is 0 Å². The van der Waals surface area contributed by atoms with Crippen molar-refractivity contribution < 1.29 is 0 Å². The summed E-state index contributed by atoms with van der Waals surface area (Å²) in [6.45, 7) is 0. The highest BCUT2D eigenvalue weighted by molar-refractivity contribution is 7.17. The molecule has 0 aliphatic carbocycles. The zero-order valence-corrected chi connectivity index (χ0v) is 11.4. The van der Waals surface area contributed by atoms with Gasteiger partial charge in [-0.05, 0) is 29.6 Å². The van der Waals surface area contributed by atoms with Gasteiger partial charge in [0.1, 0.15) is 0 Å². The Balaban J connectivity index is 2.33. The quantitative estimate of drug-likeness (QED) is 0.730. The fourth-order valence-corrected chi connectivity index (χ4v) is 3.14. The maximum Gasteiger partial charge on any atom is 0.221 e. The Morgan fingerprint density at radius 3 is 2.50 bits per heavy atom. The van der Waals surface area contributed by atoms with Crippen LogP contribution in [0.2, 0.25) is 10.0 Å². The summed E-state index contributed by atoms with van der Waals surface area (Å²) in [7, 11) is 0.